The lowest BCUT2D eigenvalue weighted by Gasteiger charge is -2.27. The average Bonchev–Trinajstić information content (AvgIpc) is 2.39. The number of aromatic nitrogens is 1. The Balaban J connectivity index is 2.08. The van der Waals surface area contributed by atoms with E-state index in [1.54, 1.807) is 0 Å². The van der Waals surface area contributed by atoms with Crippen molar-refractivity contribution in [3.63, 3.8) is 0 Å². The molecular weight excluding hydrogens is 234 g/mol. The molecule has 1 aliphatic rings. The number of anilines is 1. The van der Waals surface area contributed by atoms with E-state index >= 15 is 0 Å². The van der Waals surface area contributed by atoms with Crippen molar-refractivity contribution >= 4 is 5.82 Å². The molecular formula is C16H25N3. The van der Waals surface area contributed by atoms with Gasteiger partial charge in [-0.1, -0.05) is 18.6 Å². The Kier molecular flexibility index (Phi) is 4.97. The van der Waals surface area contributed by atoms with Crippen LogP contribution < -0.4 is 10.2 Å². The summed E-state index contributed by atoms with van der Waals surface area (Å²) in [4.78, 5) is 7.04. The summed E-state index contributed by atoms with van der Waals surface area (Å²) in [6, 6.07) is 4.40. The van der Waals surface area contributed by atoms with Gasteiger partial charge in [-0.15, -0.1) is 0 Å². The topological polar surface area (TPSA) is 28.2 Å². The average molecular weight is 259 g/mol. The number of rotatable bonds is 5. The van der Waals surface area contributed by atoms with E-state index in [0.717, 1.165) is 44.1 Å². The van der Waals surface area contributed by atoms with Crippen molar-refractivity contribution in [2.24, 2.45) is 0 Å². The van der Waals surface area contributed by atoms with Gasteiger partial charge in [-0.2, -0.15) is 0 Å². The van der Waals surface area contributed by atoms with Gasteiger partial charge < -0.3 is 10.2 Å². The number of pyridine rings is 1. The van der Waals surface area contributed by atoms with Gasteiger partial charge in [0.05, 0.1) is 0 Å². The summed E-state index contributed by atoms with van der Waals surface area (Å²) in [6.45, 7) is 10.6. The highest BCUT2D eigenvalue weighted by Gasteiger charge is 2.12. The largest absolute Gasteiger partial charge is 0.353 e. The normalized spacial score (nSPS) is 15.5. The van der Waals surface area contributed by atoms with Gasteiger partial charge in [0.25, 0.3) is 0 Å². The molecule has 0 radical (unpaired) electrons. The molecule has 19 heavy (non-hydrogen) atoms. The lowest BCUT2D eigenvalue weighted by Crippen LogP contribution is -2.29. The van der Waals surface area contributed by atoms with E-state index in [1.807, 2.05) is 0 Å². The van der Waals surface area contributed by atoms with E-state index in [1.165, 1.54) is 17.6 Å². The van der Waals surface area contributed by atoms with Crippen LogP contribution in [-0.2, 0) is 6.54 Å². The Morgan fingerprint density at radius 3 is 2.84 bits per heavy atom. The van der Waals surface area contributed by atoms with Gasteiger partial charge in [0, 0.05) is 25.3 Å². The molecule has 2 rings (SSSR count). The predicted octanol–water partition coefficient (Wildman–Crippen LogP) is 3.05. The second-order valence-corrected chi connectivity index (χ2v) is 5.40. The first kappa shape index (κ1) is 14.1. The fourth-order valence-electron chi connectivity index (χ4n) is 2.37. The molecule has 0 bridgehead atoms. The van der Waals surface area contributed by atoms with Crippen LogP contribution in [0.1, 0.15) is 37.9 Å². The van der Waals surface area contributed by atoms with Gasteiger partial charge >= 0.3 is 0 Å². The van der Waals surface area contributed by atoms with Crippen LogP contribution in [0.15, 0.2) is 23.8 Å². The molecule has 1 aromatic rings. The molecule has 3 nitrogen and oxygen atoms in total. The third-order valence-corrected chi connectivity index (χ3v) is 3.52. The number of aryl methyl sites for hydroxylation is 1. The molecule has 0 unspecified atom stereocenters. The summed E-state index contributed by atoms with van der Waals surface area (Å²) < 4.78 is 0. The molecule has 0 aliphatic carbocycles. The molecule has 0 amide bonds. The Morgan fingerprint density at radius 2 is 2.16 bits per heavy atom. The lowest BCUT2D eigenvalue weighted by molar-refractivity contribution is 0.673. The highest BCUT2D eigenvalue weighted by Crippen LogP contribution is 2.19. The molecule has 1 aromatic heterocycles. The maximum absolute atomic E-state index is 4.68. The number of nitrogens with one attached hydrogen (secondary N) is 1. The van der Waals surface area contributed by atoms with Crippen LogP contribution in [0.5, 0.6) is 0 Å². The molecule has 0 fully saturated rings. The first-order chi connectivity index (χ1) is 9.19. The van der Waals surface area contributed by atoms with Crippen LogP contribution in [0.2, 0.25) is 0 Å². The van der Waals surface area contributed by atoms with Crippen molar-refractivity contribution in [1.29, 1.82) is 0 Å². The molecule has 2 heterocycles. The van der Waals surface area contributed by atoms with E-state index in [2.05, 4.69) is 54.2 Å². The first-order valence-electron chi connectivity index (χ1n) is 7.28. The van der Waals surface area contributed by atoms with E-state index < -0.39 is 0 Å². The SMILES string of the molecule is CCCNCc1cc(C)nc(N2CC=C(C)CC2)c1. The first-order valence-corrected chi connectivity index (χ1v) is 7.28. The van der Waals surface area contributed by atoms with Crippen molar-refractivity contribution in [3.05, 3.63) is 35.0 Å². The summed E-state index contributed by atoms with van der Waals surface area (Å²) in [5.41, 5.74) is 3.94. The minimum Gasteiger partial charge on any atom is -0.353 e. The van der Waals surface area contributed by atoms with Gasteiger partial charge in [0.1, 0.15) is 5.82 Å². The maximum atomic E-state index is 4.68. The zero-order valence-electron chi connectivity index (χ0n) is 12.4. The quantitative estimate of drug-likeness (QED) is 0.651. The van der Waals surface area contributed by atoms with Crippen LogP contribution in [0, 0.1) is 6.92 Å². The fraction of sp³-hybridized carbons (Fsp3) is 0.562. The van der Waals surface area contributed by atoms with E-state index in [-0.39, 0.29) is 0 Å². The molecule has 0 aromatic carbocycles. The fourth-order valence-corrected chi connectivity index (χ4v) is 2.37. The Labute approximate surface area is 116 Å². The van der Waals surface area contributed by atoms with Gasteiger partial charge in [0.2, 0.25) is 0 Å². The highest BCUT2D eigenvalue weighted by atomic mass is 15.2. The molecule has 1 N–H and O–H groups in total. The summed E-state index contributed by atoms with van der Waals surface area (Å²) in [7, 11) is 0. The van der Waals surface area contributed by atoms with Gasteiger partial charge in [-0.05, 0) is 50.9 Å². The lowest BCUT2D eigenvalue weighted by atomic mass is 10.1. The minimum absolute atomic E-state index is 0.937. The Morgan fingerprint density at radius 1 is 1.32 bits per heavy atom. The van der Waals surface area contributed by atoms with E-state index in [9.17, 15) is 0 Å². The van der Waals surface area contributed by atoms with Crippen molar-refractivity contribution in [2.45, 2.75) is 40.2 Å². The van der Waals surface area contributed by atoms with Crippen molar-refractivity contribution in [3.8, 4) is 0 Å². The van der Waals surface area contributed by atoms with Crippen LogP contribution in [0.3, 0.4) is 0 Å². The van der Waals surface area contributed by atoms with Crippen molar-refractivity contribution in [2.75, 3.05) is 24.5 Å². The summed E-state index contributed by atoms with van der Waals surface area (Å²) in [6.07, 6.45) is 4.63. The minimum atomic E-state index is 0.937. The van der Waals surface area contributed by atoms with E-state index in [0.29, 0.717) is 0 Å². The Bertz CT molecular complexity index is 451. The third kappa shape index (κ3) is 4.06. The second-order valence-electron chi connectivity index (χ2n) is 5.40. The van der Waals surface area contributed by atoms with Gasteiger partial charge in [-0.3, -0.25) is 0 Å². The zero-order valence-corrected chi connectivity index (χ0v) is 12.4. The smallest absolute Gasteiger partial charge is 0.129 e. The van der Waals surface area contributed by atoms with E-state index in [4.69, 9.17) is 0 Å². The molecule has 1 aliphatic heterocycles. The number of hydrogen-bond donors (Lipinski definition) is 1. The summed E-state index contributed by atoms with van der Waals surface area (Å²) in [5, 5.41) is 3.46. The van der Waals surface area contributed by atoms with Crippen molar-refractivity contribution in [1.82, 2.24) is 10.3 Å². The van der Waals surface area contributed by atoms with Crippen LogP contribution in [-0.4, -0.2) is 24.6 Å². The van der Waals surface area contributed by atoms with Gasteiger partial charge in [-0.25, -0.2) is 4.98 Å². The van der Waals surface area contributed by atoms with Crippen LogP contribution >= 0.6 is 0 Å². The monoisotopic (exact) mass is 259 g/mol. The van der Waals surface area contributed by atoms with Crippen LogP contribution in [0.25, 0.3) is 0 Å². The van der Waals surface area contributed by atoms with Crippen molar-refractivity contribution < 1.29 is 0 Å². The van der Waals surface area contributed by atoms with Crippen LogP contribution in [0.4, 0.5) is 5.82 Å². The molecule has 0 saturated carbocycles. The molecule has 0 saturated heterocycles. The third-order valence-electron chi connectivity index (χ3n) is 3.52. The number of nitrogens with zero attached hydrogens (tertiary/aromatic N) is 2. The molecule has 104 valence electrons. The number of hydrogen-bond acceptors (Lipinski definition) is 3. The predicted molar refractivity (Wildman–Crippen MR) is 81.6 cm³/mol. The maximum Gasteiger partial charge on any atom is 0.129 e. The Hall–Kier alpha value is -1.35. The standard InChI is InChI=1S/C16H25N3/c1-4-7-17-12-15-10-14(3)18-16(11-15)19-8-5-13(2)6-9-19/h5,10-11,17H,4,6-9,12H2,1-3H3. The highest BCUT2D eigenvalue weighted by molar-refractivity contribution is 5.44. The zero-order chi connectivity index (χ0) is 13.7. The summed E-state index contributed by atoms with van der Waals surface area (Å²) >= 11 is 0. The molecule has 3 heteroatoms. The summed E-state index contributed by atoms with van der Waals surface area (Å²) in [5.74, 6) is 1.12. The molecule has 0 spiro atoms. The molecule has 0 atom stereocenters. The van der Waals surface area contributed by atoms with Gasteiger partial charge in [0.15, 0.2) is 0 Å². The second kappa shape index (κ2) is 6.71.